The normalized spacial score (nSPS) is 17.8. The van der Waals surface area contributed by atoms with Crippen LogP contribution in [0.2, 0.25) is 0 Å². The zero-order valence-electron chi connectivity index (χ0n) is 72.2. The number of hydrogen-bond acceptors (Lipinski definition) is 12. The van der Waals surface area contributed by atoms with Crippen LogP contribution in [0.3, 0.4) is 0 Å². The van der Waals surface area contributed by atoms with Gasteiger partial charge in [-0.25, -0.2) is 70.2 Å². The number of carbonyl (C=O) groups is 2. The van der Waals surface area contributed by atoms with Gasteiger partial charge in [-0.05, 0) is 220 Å². The fourth-order valence-electron chi connectivity index (χ4n) is 15.4. The van der Waals surface area contributed by atoms with Gasteiger partial charge in [0.1, 0.15) is 57.9 Å². The van der Waals surface area contributed by atoms with Gasteiger partial charge in [-0.15, -0.1) is 0 Å². The zero-order valence-corrected chi connectivity index (χ0v) is 72.2. The Morgan fingerprint density at radius 2 is 0.579 bits per heavy atom. The summed E-state index contributed by atoms with van der Waals surface area (Å²) in [7, 11) is 0. The van der Waals surface area contributed by atoms with Crippen LogP contribution >= 0.6 is 0 Å². The molecule has 0 spiro atoms. The first kappa shape index (κ1) is 101. The zero-order chi connectivity index (χ0) is 93.0. The molecule has 0 bridgehead atoms. The number of carbonyl (C=O) groups excluding carboxylic acids is 2. The van der Waals surface area contributed by atoms with Crippen LogP contribution < -0.4 is 43.4 Å². The number of nitrogens with two attached hydrogens (primary N) is 2. The van der Waals surface area contributed by atoms with Crippen LogP contribution in [-0.4, -0.2) is 131 Å². The maximum Gasteiger partial charge on any atom is 0.247 e. The number of aliphatic hydroxyl groups is 4. The maximum absolute atomic E-state index is 14.5. The van der Waals surface area contributed by atoms with Crippen LogP contribution in [0.15, 0.2) is 170 Å². The number of halogens is 16. The molecule has 0 radical (unpaired) electrons. The average molecular weight is 1780 g/mol. The minimum atomic E-state index is -2.51. The van der Waals surface area contributed by atoms with Gasteiger partial charge >= 0.3 is 0 Å². The Kier molecular flexibility index (Phi) is 33.8. The molecule has 0 heterocycles. The second-order valence-corrected chi connectivity index (χ2v) is 36.3. The van der Waals surface area contributed by atoms with Gasteiger partial charge in [-0.3, -0.25) is 9.59 Å². The molecule has 14 nitrogen and oxygen atoms in total. The van der Waals surface area contributed by atoms with Gasteiger partial charge in [-0.1, -0.05) is 125 Å². The number of nitrogens with one attached hydrogen (secondary N) is 6. The van der Waals surface area contributed by atoms with E-state index in [1.807, 2.05) is 24.3 Å². The molecule has 4 saturated carbocycles. The number of amides is 2. The first-order valence-corrected chi connectivity index (χ1v) is 42.1. The molecule has 0 aromatic heterocycles. The van der Waals surface area contributed by atoms with E-state index in [1.54, 1.807) is 72.8 Å². The van der Waals surface area contributed by atoms with Gasteiger partial charge in [0.15, 0.2) is 12.3 Å². The van der Waals surface area contributed by atoms with E-state index in [-0.39, 0.29) is 80.3 Å². The highest BCUT2D eigenvalue weighted by Gasteiger charge is 2.49. The third-order valence-electron chi connectivity index (χ3n) is 23.9. The fourth-order valence-corrected chi connectivity index (χ4v) is 15.4. The molecule has 0 aliphatic heterocycles. The van der Waals surface area contributed by atoms with E-state index in [0.29, 0.717) is 33.4 Å². The summed E-state index contributed by atoms with van der Waals surface area (Å²) in [5.74, 6) is -6.45. The predicted molar refractivity (Wildman–Crippen MR) is 453 cm³/mol. The van der Waals surface area contributed by atoms with E-state index in [0.717, 1.165) is 122 Å². The lowest BCUT2D eigenvalue weighted by molar-refractivity contribution is -0.121. The van der Waals surface area contributed by atoms with Gasteiger partial charge in [-0.2, -0.15) is 0 Å². The van der Waals surface area contributed by atoms with Crippen LogP contribution in [0.1, 0.15) is 200 Å². The molecular formula is C96H116F16N8O6. The van der Waals surface area contributed by atoms with Crippen molar-refractivity contribution in [3.63, 3.8) is 0 Å². The van der Waals surface area contributed by atoms with Crippen molar-refractivity contribution in [2.75, 3.05) is 26.2 Å². The van der Waals surface area contributed by atoms with E-state index >= 15 is 0 Å². The lowest BCUT2D eigenvalue weighted by Gasteiger charge is -2.28. The van der Waals surface area contributed by atoms with Crippen LogP contribution in [0, 0.1) is 46.5 Å². The average Bonchev–Trinajstić information content (AvgIpc) is 1.63. The van der Waals surface area contributed by atoms with E-state index in [2.05, 4.69) is 31.9 Å². The lowest BCUT2D eigenvalue weighted by atomic mass is 9.83. The highest BCUT2D eigenvalue weighted by Crippen LogP contribution is 2.51. The standard InChI is InChI=1S/2C25H30F4N2O2.2C23H28F4N2O/c1-15(32)31-21(11-16-9-19(26)13-20(27)10-16)22(33)14-30-25(7-8-25)18-6-4-5-17(12-18)24(2,3)23(28)29;1-15(32)31-21(11-16-9-19(26)13-20(27)10-16)22(33)14-30-25(7-8-25)18-6-4-5-17(12-18)23(28)24(2,3)29;1-22(2,21(26)27)15-4-3-5-16(11-15)23(6-7-23)29-13-20(30)19(28)10-14-8-17(24)12-18(25)9-14;1-22(2,27)21(26)15-4-3-5-16(11-15)23(6-7-23)29-13-20(30)19(28)10-14-8-17(24)12-18(25)9-14/h2*4-6,9-10,12-13,21-23,30,33H,7-8,11,14H2,1-3H3,(H,31,32);2*3-5,8-9,11-12,19-21,29-30H,6-7,10,13,28H2,1-2H3. The summed E-state index contributed by atoms with van der Waals surface area (Å²) in [6.07, 6.45) is -5.87. The summed E-state index contributed by atoms with van der Waals surface area (Å²) < 4.78 is 218. The maximum atomic E-state index is 14.5. The Balaban J connectivity index is 0.000000190. The molecule has 4 aliphatic carbocycles. The van der Waals surface area contributed by atoms with Crippen molar-refractivity contribution < 1.29 is 100 Å². The third kappa shape index (κ3) is 28.1. The Labute approximate surface area is 725 Å². The van der Waals surface area contributed by atoms with E-state index < -0.39 is 159 Å². The highest BCUT2D eigenvalue weighted by atomic mass is 19.3. The first-order chi connectivity index (χ1) is 58.8. The number of rotatable bonds is 38. The second kappa shape index (κ2) is 42.2. The molecule has 0 saturated heterocycles. The van der Waals surface area contributed by atoms with Crippen molar-refractivity contribution in [2.24, 2.45) is 11.5 Å². The van der Waals surface area contributed by atoms with Crippen molar-refractivity contribution in [1.82, 2.24) is 31.9 Å². The van der Waals surface area contributed by atoms with Crippen molar-refractivity contribution in [3.8, 4) is 0 Å². The van der Waals surface area contributed by atoms with Crippen molar-refractivity contribution in [3.05, 3.63) is 283 Å². The summed E-state index contributed by atoms with van der Waals surface area (Å²) >= 11 is 0. The predicted octanol–water partition coefficient (Wildman–Crippen LogP) is 16.9. The first-order valence-electron chi connectivity index (χ1n) is 42.1. The van der Waals surface area contributed by atoms with Gasteiger partial charge in [0, 0.05) is 98.5 Å². The Hall–Kier alpha value is -8.82. The van der Waals surface area contributed by atoms with Gasteiger partial charge in [0.2, 0.25) is 24.7 Å². The molecule has 10 atom stereocenters. The minimum absolute atomic E-state index is 0.0364. The number of alkyl halides is 8. The molecule has 126 heavy (non-hydrogen) atoms. The van der Waals surface area contributed by atoms with Gasteiger partial charge in [0.25, 0.3) is 0 Å². The van der Waals surface area contributed by atoms with Crippen molar-refractivity contribution >= 4 is 11.8 Å². The fraction of sp³-hybridized carbons (Fsp3) is 0.479. The Bertz CT molecular complexity index is 4880. The van der Waals surface area contributed by atoms with Gasteiger partial charge in [0.05, 0.1) is 47.3 Å². The monoisotopic (exact) mass is 1780 g/mol. The van der Waals surface area contributed by atoms with Crippen molar-refractivity contribution in [1.29, 1.82) is 0 Å². The van der Waals surface area contributed by atoms with Crippen molar-refractivity contribution in [2.45, 2.75) is 264 Å². The lowest BCUT2D eigenvalue weighted by Crippen LogP contribution is -2.49. The smallest absolute Gasteiger partial charge is 0.247 e. The SMILES string of the molecule is CC(=O)NC(Cc1cc(F)cc(F)c1)C(O)CNC1(c2cccc(C(C)(C)C(F)F)c2)CC1.CC(=O)NC(Cc1cc(F)cc(F)c1)C(O)CNC1(c2cccc(C(F)C(C)(C)F)c2)CC1.CC(C)(F)C(F)c1cccc(C2(NCC(O)C(N)Cc3cc(F)cc(F)c3)CC2)c1.CC(C)(c1cccc(C2(NCC(O)C(N)Cc3cc(F)cc(F)c3)CC2)c1)C(F)F. The second-order valence-electron chi connectivity index (χ2n) is 36.3. The van der Waals surface area contributed by atoms with Crippen LogP contribution in [0.5, 0.6) is 0 Å². The summed E-state index contributed by atoms with van der Waals surface area (Å²) in [5, 5.41) is 60.9. The quantitative estimate of drug-likeness (QED) is 0.0162. The minimum Gasteiger partial charge on any atom is -0.390 e. The molecule has 30 heteroatoms. The molecule has 14 N–H and O–H groups in total. The van der Waals surface area contributed by atoms with Crippen LogP contribution in [-0.2, 0) is 68.3 Å². The van der Waals surface area contributed by atoms with Crippen LogP contribution in [0.25, 0.3) is 0 Å². The number of aliphatic hydroxyl groups excluding tert-OH is 4. The Morgan fingerprint density at radius 3 is 0.810 bits per heavy atom. The molecule has 4 aliphatic rings. The Morgan fingerprint density at radius 1 is 0.349 bits per heavy atom. The molecule has 12 rings (SSSR count). The summed E-state index contributed by atoms with van der Waals surface area (Å²) in [5.41, 5.74) is 10.2. The number of benzene rings is 8. The molecular weight excluding hydrogens is 1670 g/mol. The van der Waals surface area contributed by atoms with E-state index in [9.17, 15) is 100 Å². The summed E-state index contributed by atoms with van der Waals surface area (Å²) in [4.78, 5) is 23.3. The largest absolute Gasteiger partial charge is 0.390 e. The van der Waals surface area contributed by atoms with Crippen LogP contribution in [0.4, 0.5) is 70.2 Å². The van der Waals surface area contributed by atoms with E-state index in [1.165, 1.54) is 93.5 Å². The highest BCUT2D eigenvalue weighted by molar-refractivity contribution is 5.73. The van der Waals surface area contributed by atoms with Gasteiger partial charge < -0.3 is 63.8 Å². The molecule has 2 amide bonds. The molecule has 8 aromatic carbocycles. The summed E-state index contributed by atoms with van der Waals surface area (Å²) in [6, 6.07) is 37.3. The topological polar surface area (TPSA) is 239 Å². The van der Waals surface area contributed by atoms with E-state index in [4.69, 9.17) is 11.5 Å². The third-order valence-corrected chi connectivity index (χ3v) is 23.9. The molecule has 688 valence electrons. The molecule has 8 aromatic rings. The molecule has 10 unspecified atom stereocenters. The summed E-state index contributed by atoms with van der Waals surface area (Å²) in [6.45, 7) is 14.0. The number of hydrogen-bond donors (Lipinski definition) is 12. The molecule has 4 fully saturated rings.